The van der Waals surface area contributed by atoms with E-state index in [2.05, 4.69) is 41.0 Å². The number of hydrogen-bond donors (Lipinski definition) is 2. The fraction of sp³-hybridized carbons (Fsp3) is 0.571. The molecule has 102 valence electrons. The SMILES string of the molecule is Cl.Cl.c1ccc(CNC2C[C@H]3CNC[C@H]3C2)cc1. The van der Waals surface area contributed by atoms with Crippen LogP contribution in [0, 0.1) is 11.8 Å². The number of hydrogen-bond acceptors (Lipinski definition) is 2. The molecule has 1 unspecified atom stereocenters. The Morgan fingerprint density at radius 3 is 2.22 bits per heavy atom. The number of benzene rings is 1. The summed E-state index contributed by atoms with van der Waals surface area (Å²) in [6.07, 6.45) is 2.73. The lowest BCUT2D eigenvalue weighted by molar-refractivity contribution is 0.485. The lowest BCUT2D eigenvalue weighted by Gasteiger charge is -2.13. The molecule has 1 saturated heterocycles. The second-order valence-corrected chi connectivity index (χ2v) is 5.21. The standard InChI is InChI=1S/C14H20N2.2ClH/c1-2-4-11(5-3-1)8-16-14-6-12-9-15-10-13(12)7-14;;/h1-5,12-16H,6-10H2;2*1H/t12-,13+,14?;;. The summed E-state index contributed by atoms with van der Waals surface area (Å²) in [5, 5.41) is 7.19. The van der Waals surface area contributed by atoms with Crippen molar-refractivity contribution in [1.82, 2.24) is 10.6 Å². The highest BCUT2D eigenvalue weighted by atomic mass is 35.5. The zero-order valence-corrected chi connectivity index (χ0v) is 12.1. The number of halogens is 2. The van der Waals surface area contributed by atoms with E-state index in [1.807, 2.05) is 0 Å². The molecule has 0 aromatic heterocycles. The van der Waals surface area contributed by atoms with Crippen LogP contribution in [0.3, 0.4) is 0 Å². The van der Waals surface area contributed by atoms with Gasteiger partial charge in [0.15, 0.2) is 0 Å². The van der Waals surface area contributed by atoms with Crippen molar-refractivity contribution in [2.45, 2.75) is 25.4 Å². The van der Waals surface area contributed by atoms with Gasteiger partial charge in [0.2, 0.25) is 0 Å². The molecular formula is C14H22Cl2N2. The van der Waals surface area contributed by atoms with Crippen molar-refractivity contribution in [3.63, 3.8) is 0 Å². The van der Waals surface area contributed by atoms with Crippen LogP contribution in [-0.2, 0) is 6.54 Å². The molecule has 2 nitrogen and oxygen atoms in total. The van der Waals surface area contributed by atoms with E-state index in [9.17, 15) is 0 Å². The Morgan fingerprint density at radius 2 is 1.61 bits per heavy atom. The molecule has 3 rings (SSSR count). The van der Waals surface area contributed by atoms with Crippen molar-refractivity contribution >= 4 is 24.8 Å². The Balaban J connectivity index is 0.000000810. The fourth-order valence-corrected chi connectivity index (χ4v) is 3.19. The highest BCUT2D eigenvalue weighted by molar-refractivity contribution is 5.85. The summed E-state index contributed by atoms with van der Waals surface area (Å²) in [5.41, 5.74) is 1.40. The molecule has 0 amide bonds. The summed E-state index contributed by atoms with van der Waals surface area (Å²) in [6, 6.07) is 11.5. The fourth-order valence-electron chi connectivity index (χ4n) is 3.19. The van der Waals surface area contributed by atoms with Gasteiger partial charge in [0, 0.05) is 12.6 Å². The van der Waals surface area contributed by atoms with E-state index in [1.54, 1.807) is 0 Å². The predicted octanol–water partition coefficient (Wildman–Crippen LogP) is 2.62. The Kier molecular flexibility index (Phi) is 6.44. The summed E-state index contributed by atoms with van der Waals surface area (Å²) >= 11 is 0. The van der Waals surface area contributed by atoms with Crippen LogP contribution in [0.4, 0.5) is 0 Å². The van der Waals surface area contributed by atoms with Crippen LogP contribution in [0.2, 0.25) is 0 Å². The van der Waals surface area contributed by atoms with Gasteiger partial charge in [-0.1, -0.05) is 30.3 Å². The highest BCUT2D eigenvalue weighted by Gasteiger charge is 2.36. The lowest BCUT2D eigenvalue weighted by atomic mass is 10.0. The topological polar surface area (TPSA) is 24.1 Å². The maximum Gasteiger partial charge on any atom is 0.0208 e. The molecule has 1 saturated carbocycles. The monoisotopic (exact) mass is 288 g/mol. The molecule has 0 spiro atoms. The molecule has 0 radical (unpaired) electrons. The van der Waals surface area contributed by atoms with Gasteiger partial charge in [-0.25, -0.2) is 0 Å². The third-order valence-electron chi connectivity index (χ3n) is 4.09. The third kappa shape index (κ3) is 3.61. The van der Waals surface area contributed by atoms with Crippen molar-refractivity contribution in [2.75, 3.05) is 13.1 Å². The minimum absolute atomic E-state index is 0. The Morgan fingerprint density at radius 1 is 1.00 bits per heavy atom. The summed E-state index contributed by atoms with van der Waals surface area (Å²) < 4.78 is 0. The first-order chi connectivity index (χ1) is 7.92. The molecule has 1 heterocycles. The van der Waals surface area contributed by atoms with E-state index in [0.717, 1.165) is 24.4 Å². The minimum Gasteiger partial charge on any atom is -0.316 e. The number of fused-ring (bicyclic) bond motifs is 1. The second kappa shape index (κ2) is 7.34. The summed E-state index contributed by atoms with van der Waals surface area (Å²) in [4.78, 5) is 0. The molecule has 1 aromatic carbocycles. The summed E-state index contributed by atoms with van der Waals surface area (Å²) in [6.45, 7) is 3.51. The van der Waals surface area contributed by atoms with E-state index in [-0.39, 0.29) is 24.8 Å². The van der Waals surface area contributed by atoms with Gasteiger partial charge in [0.25, 0.3) is 0 Å². The van der Waals surface area contributed by atoms with Crippen LogP contribution in [0.15, 0.2) is 30.3 Å². The maximum atomic E-state index is 3.70. The first-order valence-electron chi connectivity index (χ1n) is 6.40. The molecule has 2 fully saturated rings. The van der Waals surface area contributed by atoms with Gasteiger partial charge in [-0.15, -0.1) is 24.8 Å². The normalized spacial score (nSPS) is 29.2. The van der Waals surface area contributed by atoms with Gasteiger partial charge >= 0.3 is 0 Å². The van der Waals surface area contributed by atoms with Crippen LogP contribution < -0.4 is 10.6 Å². The van der Waals surface area contributed by atoms with Crippen LogP contribution >= 0.6 is 24.8 Å². The van der Waals surface area contributed by atoms with Gasteiger partial charge in [-0.05, 0) is 43.3 Å². The van der Waals surface area contributed by atoms with Crippen LogP contribution in [-0.4, -0.2) is 19.1 Å². The van der Waals surface area contributed by atoms with Crippen LogP contribution in [0.5, 0.6) is 0 Å². The zero-order valence-electron chi connectivity index (χ0n) is 10.5. The predicted molar refractivity (Wildman–Crippen MR) is 80.6 cm³/mol. The van der Waals surface area contributed by atoms with E-state index in [1.165, 1.54) is 31.5 Å². The number of nitrogens with one attached hydrogen (secondary N) is 2. The van der Waals surface area contributed by atoms with E-state index in [0.29, 0.717) is 0 Å². The molecule has 0 bridgehead atoms. The first kappa shape index (κ1) is 15.8. The minimum atomic E-state index is 0. The van der Waals surface area contributed by atoms with Crippen molar-refractivity contribution in [2.24, 2.45) is 11.8 Å². The molecule has 2 aliphatic rings. The van der Waals surface area contributed by atoms with Crippen LogP contribution in [0.25, 0.3) is 0 Å². The van der Waals surface area contributed by atoms with Gasteiger partial charge in [0.05, 0.1) is 0 Å². The molecule has 1 aromatic rings. The summed E-state index contributed by atoms with van der Waals surface area (Å²) in [5.74, 6) is 1.88. The average Bonchev–Trinajstić information content (AvgIpc) is 2.88. The Hall–Kier alpha value is -0.280. The maximum absolute atomic E-state index is 3.70. The largest absolute Gasteiger partial charge is 0.316 e. The van der Waals surface area contributed by atoms with Crippen molar-refractivity contribution in [3.05, 3.63) is 35.9 Å². The number of rotatable bonds is 3. The second-order valence-electron chi connectivity index (χ2n) is 5.21. The van der Waals surface area contributed by atoms with Gasteiger partial charge in [-0.2, -0.15) is 0 Å². The van der Waals surface area contributed by atoms with Gasteiger partial charge in [0.1, 0.15) is 0 Å². The van der Waals surface area contributed by atoms with Crippen molar-refractivity contribution in [1.29, 1.82) is 0 Å². The molecule has 18 heavy (non-hydrogen) atoms. The van der Waals surface area contributed by atoms with E-state index in [4.69, 9.17) is 0 Å². The average molecular weight is 289 g/mol. The van der Waals surface area contributed by atoms with Gasteiger partial charge in [-0.3, -0.25) is 0 Å². The van der Waals surface area contributed by atoms with Crippen LogP contribution in [0.1, 0.15) is 18.4 Å². The van der Waals surface area contributed by atoms with Crippen molar-refractivity contribution in [3.8, 4) is 0 Å². The van der Waals surface area contributed by atoms with Gasteiger partial charge < -0.3 is 10.6 Å². The molecule has 1 aliphatic carbocycles. The smallest absolute Gasteiger partial charge is 0.0208 e. The lowest BCUT2D eigenvalue weighted by Crippen LogP contribution is -2.28. The quantitative estimate of drug-likeness (QED) is 0.894. The molecule has 1 aliphatic heterocycles. The highest BCUT2D eigenvalue weighted by Crippen LogP contribution is 2.34. The summed E-state index contributed by atoms with van der Waals surface area (Å²) in [7, 11) is 0. The zero-order chi connectivity index (χ0) is 10.8. The molecular weight excluding hydrogens is 267 g/mol. The first-order valence-corrected chi connectivity index (χ1v) is 6.40. The molecule has 4 heteroatoms. The third-order valence-corrected chi connectivity index (χ3v) is 4.09. The van der Waals surface area contributed by atoms with E-state index < -0.39 is 0 Å². The molecule has 3 atom stereocenters. The molecule has 2 N–H and O–H groups in total. The Bertz CT molecular complexity index is 333. The Labute approximate surface area is 122 Å². The van der Waals surface area contributed by atoms with E-state index >= 15 is 0 Å². The van der Waals surface area contributed by atoms with Crippen molar-refractivity contribution < 1.29 is 0 Å².